The highest BCUT2D eigenvalue weighted by Gasteiger charge is 2.63. The van der Waals surface area contributed by atoms with Gasteiger partial charge in [-0.15, -0.1) is 0 Å². The minimum Gasteiger partial charge on any atom is -0.510 e. The molecule has 8 N–H and O–H groups in total. The number of phenols is 1. The molecule has 0 aliphatic heterocycles. The van der Waals surface area contributed by atoms with Crippen molar-refractivity contribution >= 4 is 28.9 Å². The van der Waals surface area contributed by atoms with E-state index in [0.717, 1.165) is 0 Å². The number of carbonyl (C=O) groups is 3. The number of nitrogens with two attached hydrogens (primary N) is 2. The summed E-state index contributed by atoms with van der Waals surface area (Å²) in [5.41, 5.74) is 7.94. The number of nitrogen functional groups attached to an aromatic ring is 1. The maximum Gasteiger partial charge on any atom is 0.255 e. The van der Waals surface area contributed by atoms with Gasteiger partial charge in [-0.1, -0.05) is 5.16 Å². The number of hydrogen-bond acceptors (Lipinski definition) is 11. The van der Waals surface area contributed by atoms with E-state index in [1.807, 2.05) is 20.8 Å². The number of likely N-dealkylation sites (N-methyl/N-ethyl adjacent to an activating group) is 1. The van der Waals surface area contributed by atoms with Gasteiger partial charge in [0.2, 0.25) is 5.78 Å². The average Bonchev–Trinajstić information content (AvgIpc) is 2.81. The van der Waals surface area contributed by atoms with Gasteiger partial charge in [0.15, 0.2) is 11.4 Å². The van der Waals surface area contributed by atoms with E-state index in [0.29, 0.717) is 16.8 Å². The van der Waals surface area contributed by atoms with Gasteiger partial charge in [-0.25, -0.2) is 0 Å². The van der Waals surface area contributed by atoms with Gasteiger partial charge in [-0.3, -0.25) is 19.3 Å². The van der Waals surface area contributed by atoms with Gasteiger partial charge in [0, 0.05) is 17.1 Å². The Balaban J connectivity index is 1.95. The zero-order chi connectivity index (χ0) is 29.4. The molecule has 210 valence electrons. The van der Waals surface area contributed by atoms with Crippen LogP contribution in [0.25, 0.3) is 0 Å². The van der Waals surface area contributed by atoms with Crippen LogP contribution in [0.5, 0.6) is 5.75 Å². The predicted molar refractivity (Wildman–Crippen MR) is 141 cm³/mol. The zero-order valence-corrected chi connectivity index (χ0v) is 22.7. The van der Waals surface area contributed by atoms with Crippen LogP contribution in [-0.4, -0.2) is 79.9 Å². The molecule has 4 rings (SSSR count). The number of fused-ring (bicyclic) bond motifs is 3. The van der Waals surface area contributed by atoms with Crippen LogP contribution in [0.15, 0.2) is 33.9 Å². The molecule has 0 fully saturated rings. The first-order valence-corrected chi connectivity index (χ1v) is 12.5. The smallest absolute Gasteiger partial charge is 0.255 e. The summed E-state index contributed by atoms with van der Waals surface area (Å²) in [7, 11) is 3.14. The van der Waals surface area contributed by atoms with E-state index in [1.165, 1.54) is 11.0 Å². The van der Waals surface area contributed by atoms with Crippen molar-refractivity contribution in [1.82, 2.24) is 4.90 Å². The number of nitrogens with zero attached hydrogens (tertiary/aromatic N) is 2. The number of rotatable bonds is 4. The molecule has 0 radical (unpaired) electrons. The maximum absolute atomic E-state index is 13.9. The minimum absolute atomic E-state index is 0.0228. The number of phenolic OH excluding ortho intramolecular Hbond substituents is 1. The summed E-state index contributed by atoms with van der Waals surface area (Å²) in [6.45, 7) is 7.12. The van der Waals surface area contributed by atoms with Gasteiger partial charge < -0.3 is 36.7 Å². The van der Waals surface area contributed by atoms with Crippen LogP contribution < -0.4 is 11.5 Å². The summed E-state index contributed by atoms with van der Waals surface area (Å²) in [6.07, 6.45) is 0.0884. The SMILES string of the molecule is CC(=NOC(C)(C)C)c1cc(N)c(O)c2c1C[C@H]1C[C@H]3[C@@H](N(C)C)C(O)=C(C(N)=O)C(=O)[C@@]3(O)C(O)=C1C2=O. The fourth-order valence-corrected chi connectivity index (χ4v) is 5.92. The molecular weight excluding hydrogens is 508 g/mol. The Morgan fingerprint density at radius 3 is 2.36 bits per heavy atom. The van der Waals surface area contributed by atoms with Crippen LogP contribution >= 0.6 is 0 Å². The summed E-state index contributed by atoms with van der Waals surface area (Å²) in [5, 5.41) is 48.9. The van der Waals surface area contributed by atoms with Crippen molar-refractivity contribution in [1.29, 1.82) is 0 Å². The lowest BCUT2D eigenvalue weighted by Gasteiger charge is -2.50. The molecule has 0 saturated heterocycles. The van der Waals surface area contributed by atoms with Gasteiger partial charge in [0.25, 0.3) is 5.91 Å². The normalized spacial score (nSPS) is 27.4. The van der Waals surface area contributed by atoms with Gasteiger partial charge in [-0.2, -0.15) is 0 Å². The van der Waals surface area contributed by atoms with Gasteiger partial charge >= 0.3 is 0 Å². The van der Waals surface area contributed by atoms with E-state index in [9.17, 15) is 34.8 Å². The second-order valence-corrected chi connectivity index (χ2v) is 11.6. The number of aromatic hydroxyl groups is 1. The molecule has 1 aromatic rings. The third-order valence-corrected chi connectivity index (χ3v) is 7.60. The number of aliphatic hydroxyl groups is 3. The molecule has 3 aliphatic carbocycles. The number of oxime groups is 1. The maximum atomic E-state index is 13.9. The Bertz CT molecular complexity index is 1400. The summed E-state index contributed by atoms with van der Waals surface area (Å²) in [4.78, 5) is 46.3. The van der Waals surface area contributed by atoms with Crippen LogP contribution in [0, 0.1) is 11.8 Å². The van der Waals surface area contributed by atoms with E-state index in [1.54, 1.807) is 21.0 Å². The fraction of sp³-hybridized carbons (Fsp3) is 0.481. The Morgan fingerprint density at radius 2 is 1.82 bits per heavy atom. The molecule has 0 spiro atoms. The largest absolute Gasteiger partial charge is 0.510 e. The summed E-state index contributed by atoms with van der Waals surface area (Å²) < 4.78 is 0. The molecule has 0 aromatic heterocycles. The predicted octanol–water partition coefficient (Wildman–Crippen LogP) is 1.24. The Kier molecular flexibility index (Phi) is 6.56. The summed E-state index contributed by atoms with van der Waals surface area (Å²) in [5.74, 6) is -7.30. The molecule has 12 nitrogen and oxygen atoms in total. The van der Waals surface area contributed by atoms with Gasteiger partial charge in [0.1, 0.15) is 28.4 Å². The molecule has 0 unspecified atom stereocenters. The molecule has 4 atom stereocenters. The number of ketones is 2. The van der Waals surface area contributed by atoms with Crippen LogP contribution in [0.3, 0.4) is 0 Å². The van der Waals surface area contributed by atoms with Crippen molar-refractivity contribution in [3.63, 3.8) is 0 Å². The van der Waals surface area contributed by atoms with E-state index < -0.39 is 69.4 Å². The van der Waals surface area contributed by atoms with Crippen molar-refractivity contribution < 1.29 is 39.6 Å². The highest BCUT2D eigenvalue weighted by molar-refractivity contribution is 6.25. The molecule has 39 heavy (non-hydrogen) atoms. The van der Waals surface area contributed by atoms with E-state index in [2.05, 4.69) is 5.16 Å². The first-order valence-electron chi connectivity index (χ1n) is 12.5. The lowest BCUT2D eigenvalue weighted by atomic mass is 9.58. The molecule has 12 heteroatoms. The molecule has 3 aliphatic rings. The van der Waals surface area contributed by atoms with Crippen molar-refractivity contribution in [3.8, 4) is 5.75 Å². The topological polar surface area (TPSA) is 209 Å². The van der Waals surface area contributed by atoms with E-state index in [-0.39, 0.29) is 29.7 Å². The monoisotopic (exact) mass is 542 g/mol. The summed E-state index contributed by atoms with van der Waals surface area (Å²) >= 11 is 0. The minimum atomic E-state index is -2.71. The van der Waals surface area contributed by atoms with Crippen LogP contribution in [-0.2, 0) is 20.8 Å². The molecular formula is C27H34N4O8. The first-order chi connectivity index (χ1) is 17.9. The lowest BCUT2D eigenvalue weighted by Crippen LogP contribution is -2.63. The second-order valence-electron chi connectivity index (χ2n) is 11.6. The van der Waals surface area contributed by atoms with Gasteiger partial charge in [-0.05, 0) is 72.2 Å². The molecule has 0 heterocycles. The third kappa shape index (κ3) is 4.14. The quantitative estimate of drug-likeness (QED) is 0.105. The van der Waals surface area contributed by atoms with Crippen LogP contribution in [0.4, 0.5) is 5.69 Å². The average molecular weight is 543 g/mol. The van der Waals surface area contributed by atoms with Gasteiger partial charge in [0.05, 0.1) is 23.0 Å². The fourth-order valence-electron chi connectivity index (χ4n) is 5.92. The number of primary amides is 1. The molecule has 1 aromatic carbocycles. The number of amides is 1. The number of aliphatic hydroxyl groups excluding tert-OH is 2. The Hall–Kier alpha value is -3.90. The van der Waals surface area contributed by atoms with Crippen LogP contribution in [0.2, 0.25) is 0 Å². The number of hydrogen-bond donors (Lipinski definition) is 6. The van der Waals surface area contributed by atoms with Crippen molar-refractivity contribution in [2.45, 2.75) is 57.8 Å². The number of anilines is 1. The van der Waals surface area contributed by atoms with Crippen LogP contribution in [0.1, 0.15) is 55.6 Å². The number of carbonyl (C=O) groups excluding carboxylic acids is 3. The lowest BCUT2D eigenvalue weighted by molar-refractivity contribution is -0.148. The number of Topliss-reactive ketones (excluding diaryl/α,β-unsaturated/α-hetero) is 2. The number of allylic oxidation sites excluding steroid dienone is 1. The second kappa shape index (κ2) is 9.09. The highest BCUT2D eigenvalue weighted by Crippen LogP contribution is 2.53. The third-order valence-electron chi connectivity index (χ3n) is 7.60. The standard InChI is InChI=1S/C27H34N4O8/c1-10(30-39-26(2,3)4)12-9-15(28)20(32)17-13(12)7-11-8-14-19(31(5)6)22(34)18(25(29)37)24(36)27(14,38)23(35)16(11)21(17)33/h9,11,14,19,32,34-35,38H,7-8,28H2,1-6H3,(H2,29,37)/t11-,14-,19+,27-/m0/s1. The number of benzene rings is 1. The van der Waals surface area contributed by atoms with Crippen molar-refractivity contribution in [3.05, 3.63) is 45.4 Å². The van der Waals surface area contributed by atoms with E-state index in [4.69, 9.17) is 16.3 Å². The molecule has 0 bridgehead atoms. The zero-order valence-electron chi connectivity index (χ0n) is 22.7. The Labute approximate surface area is 225 Å². The van der Waals surface area contributed by atoms with Crippen molar-refractivity contribution in [2.24, 2.45) is 22.7 Å². The summed E-state index contributed by atoms with van der Waals surface area (Å²) in [6, 6.07) is 0.415. The van der Waals surface area contributed by atoms with Crippen molar-refractivity contribution in [2.75, 3.05) is 19.8 Å². The van der Waals surface area contributed by atoms with E-state index >= 15 is 0 Å². The molecule has 0 saturated carbocycles. The molecule has 1 amide bonds. The highest BCUT2D eigenvalue weighted by atomic mass is 16.6. The Morgan fingerprint density at radius 1 is 1.21 bits per heavy atom. The first kappa shape index (κ1) is 28.1.